The van der Waals surface area contributed by atoms with Gasteiger partial charge in [-0.25, -0.2) is 0 Å². The van der Waals surface area contributed by atoms with Crippen LogP contribution in [0.15, 0.2) is 23.8 Å². The van der Waals surface area contributed by atoms with Gasteiger partial charge < -0.3 is 0 Å². The molecule has 0 saturated carbocycles. The van der Waals surface area contributed by atoms with Gasteiger partial charge in [-0.1, -0.05) is 38.0 Å². The van der Waals surface area contributed by atoms with Crippen molar-refractivity contribution in [2.75, 3.05) is 0 Å². The van der Waals surface area contributed by atoms with E-state index in [1.165, 1.54) is 44.9 Å². The third-order valence-electron chi connectivity index (χ3n) is 3.71. The molecule has 2 aliphatic carbocycles. The van der Waals surface area contributed by atoms with E-state index in [9.17, 15) is 0 Å². The average Bonchev–Trinajstić information content (AvgIpc) is 2.26. The maximum absolute atomic E-state index is 2.57. The first-order valence-corrected chi connectivity index (χ1v) is 6.28. The van der Waals surface area contributed by atoms with Crippen molar-refractivity contribution < 1.29 is 0 Å². The summed E-state index contributed by atoms with van der Waals surface area (Å²) in [6.45, 7) is 2.29. The predicted octanol–water partition coefficient (Wildman–Crippen LogP) is 4.48. The highest BCUT2D eigenvalue weighted by Gasteiger charge is 2.22. The van der Waals surface area contributed by atoms with Crippen LogP contribution in [-0.4, -0.2) is 0 Å². The lowest BCUT2D eigenvalue weighted by Crippen LogP contribution is -2.15. The third kappa shape index (κ3) is 2.29. The van der Waals surface area contributed by atoms with E-state index in [1.54, 1.807) is 5.57 Å². The van der Waals surface area contributed by atoms with E-state index in [-0.39, 0.29) is 0 Å². The Bertz CT molecular complexity index is 234. The van der Waals surface area contributed by atoms with Gasteiger partial charge in [0.2, 0.25) is 0 Å². The second-order valence-electron chi connectivity index (χ2n) is 4.82. The van der Waals surface area contributed by atoms with E-state index in [2.05, 4.69) is 25.2 Å². The van der Waals surface area contributed by atoms with Crippen LogP contribution in [0.1, 0.15) is 51.9 Å². The van der Waals surface area contributed by atoms with Gasteiger partial charge in [-0.2, -0.15) is 0 Å². The Labute approximate surface area is 88.1 Å². The molecule has 0 aromatic carbocycles. The van der Waals surface area contributed by atoms with Gasteiger partial charge in [0.15, 0.2) is 0 Å². The zero-order valence-corrected chi connectivity index (χ0v) is 9.34. The Morgan fingerprint density at radius 2 is 2.21 bits per heavy atom. The van der Waals surface area contributed by atoms with E-state index >= 15 is 0 Å². The van der Waals surface area contributed by atoms with Crippen molar-refractivity contribution in [3.63, 3.8) is 0 Å². The summed E-state index contributed by atoms with van der Waals surface area (Å²) in [5.74, 6) is 1.81. The number of rotatable bonds is 3. The third-order valence-corrected chi connectivity index (χ3v) is 3.71. The Morgan fingerprint density at radius 1 is 1.29 bits per heavy atom. The normalized spacial score (nSPS) is 31.1. The molecule has 78 valence electrons. The molecule has 0 aliphatic heterocycles. The smallest absolute Gasteiger partial charge is 0.0162 e. The molecular weight excluding hydrogens is 168 g/mol. The number of allylic oxidation sites excluding steroid dienone is 4. The molecule has 2 atom stereocenters. The fraction of sp³-hybridized carbons (Fsp3) is 0.714. The summed E-state index contributed by atoms with van der Waals surface area (Å²) in [7, 11) is 0. The van der Waals surface area contributed by atoms with E-state index in [0.717, 1.165) is 11.8 Å². The van der Waals surface area contributed by atoms with Gasteiger partial charge in [0.05, 0.1) is 0 Å². The summed E-state index contributed by atoms with van der Waals surface area (Å²) in [5.41, 5.74) is 1.66. The van der Waals surface area contributed by atoms with Crippen molar-refractivity contribution >= 4 is 0 Å². The van der Waals surface area contributed by atoms with Crippen LogP contribution in [0, 0.1) is 11.8 Å². The zero-order valence-electron chi connectivity index (χ0n) is 9.34. The number of hydrogen-bond acceptors (Lipinski definition) is 0. The maximum Gasteiger partial charge on any atom is -0.0162 e. The van der Waals surface area contributed by atoms with Gasteiger partial charge in [0, 0.05) is 0 Å². The van der Waals surface area contributed by atoms with Gasteiger partial charge in [0.1, 0.15) is 0 Å². The highest BCUT2D eigenvalue weighted by Crippen LogP contribution is 2.36. The van der Waals surface area contributed by atoms with Crippen LogP contribution < -0.4 is 0 Å². The molecule has 2 rings (SSSR count). The highest BCUT2D eigenvalue weighted by molar-refractivity contribution is 5.27. The Balaban J connectivity index is 1.97. The SMILES string of the molecule is CCCCC1C=C2C=CCCC2CC1. The first-order valence-electron chi connectivity index (χ1n) is 6.28. The molecule has 0 heterocycles. The lowest BCUT2D eigenvalue weighted by molar-refractivity contribution is 0.397. The fourth-order valence-corrected chi connectivity index (χ4v) is 2.79. The molecule has 0 fully saturated rings. The van der Waals surface area contributed by atoms with Crippen molar-refractivity contribution in [2.24, 2.45) is 11.8 Å². The molecule has 0 amide bonds. The Hall–Kier alpha value is -0.520. The average molecular weight is 190 g/mol. The molecule has 2 unspecified atom stereocenters. The van der Waals surface area contributed by atoms with Gasteiger partial charge in [0.25, 0.3) is 0 Å². The lowest BCUT2D eigenvalue weighted by atomic mass is 9.76. The monoisotopic (exact) mass is 190 g/mol. The second-order valence-corrected chi connectivity index (χ2v) is 4.82. The predicted molar refractivity (Wildman–Crippen MR) is 62.2 cm³/mol. The molecule has 0 nitrogen and oxygen atoms in total. The van der Waals surface area contributed by atoms with Gasteiger partial charge in [-0.15, -0.1) is 0 Å². The van der Waals surface area contributed by atoms with Gasteiger partial charge in [-0.3, -0.25) is 0 Å². The molecule has 0 bridgehead atoms. The van der Waals surface area contributed by atoms with Crippen molar-refractivity contribution in [1.82, 2.24) is 0 Å². The molecule has 2 aliphatic rings. The summed E-state index contributed by atoms with van der Waals surface area (Å²) in [6, 6.07) is 0. The van der Waals surface area contributed by atoms with E-state index < -0.39 is 0 Å². The maximum atomic E-state index is 2.57. The summed E-state index contributed by atoms with van der Waals surface area (Å²) < 4.78 is 0. The summed E-state index contributed by atoms with van der Waals surface area (Å²) in [5, 5.41) is 0. The number of unbranched alkanes of at least 4 members (excludes halogenated alkanes) is 1. The van der Waals surface area contributed by atoms with Crippen LogP contribution in [0.4, 0.5) is 0 Å². The molecule has 0 aromatic rings. The topological polar surface area (TPSA) is 0 Å². The summed E-state index contributed by atoms with van der Waals surface area (Å²) in [4.78, 5) is 0. The standard InChI is InChI=1S/C14H22/c1-2-3-6-12-9-10-13-7-4-5-8-14(13)11-12/h5,8,11-13H,2-4,6-7,9-10H2,1H3. The molecular formula is C14H22. The highest BCUT2D eigenvalue weighted by atomic mass is 14.3. The van der Waals surface area contributed by atoms with Crippen molar-refractivity contribution in [3.05, 3.63) is 23.8 Å². The van der Waals surface area contributed by atoms with Gasteiger partial charge >= 0.3 is 0 Å². The molecule has 14 heavy (non-hydrogen) atoms. The minimum atomic E-state index is 0.893. The quantitative estimate of drug-likeness (QED) is 0.615. The minimum Gasteiger partial charge on any atom is -0.0842 e. The Morgan fingerprint density at radius 3 is 3.07 bits per heavy atom. The van der Waals surface area contributed by atoms with Crippen LogP contribution in [0.3, 0.4) is 0 Å². The van der Waals surface area contributed by atoms with E-state index in [1.807, 2.05) is 0 Å². The molecule has 0 aromatic heterocycles. The van der Waals surface area contributed by atoms with E-state index in [0.29, 0.717) is 0 Å². The lowest BCUT2D eigenvalue weighted by Gasteiger charge is -2.29. The molecule has 0 saturated heterocycles. The van der Waals surface area contributed by atoms with Crippen molar-refractivity contribution in [2.45, 2.75) is 51.9 Å². The first kappa shape index (κ1) is 10.0. The van der Waals surface area contributed by atoms with E-state index in [4.69, 9.17) is 0 Å². The molecule has 0 N–H and O–H groups in total. The molecule has 0 heteroatoms. The van der Waals surface area contributed by atoms with Crippen LogP contribution in [-0.2, 0) is 0 Å². The van der Waals surface area contributed by atoms with Crippen molar-refractivity contribution in [3.8, 4) is 0 Å². The van der Waals surface area contributed by atoms with Crippen LogP contribution in [0.25, 0.3) is 0 Å². The minimum absolute atomic E-state index is 0.893. The summed E-state index contributed by atoms with van der Waals surface area (Å²) >= 11 is 0. The Kier molecular flexibility index (Phi) is 3.44. The molecule has 0 spiro atoms. The fourth-order valence-electron chi connectivity index (χ4n) is 2.79. The van der Waals surface area contributed by atoms with Crippen LogP contribution >= 0.6 is 0 Å². The largest absolute Gasteiger partial charge is 0.0842 e. The van der Waals surface area contributed by atoms with Crippen LogP contribution in [0.2, 0.25) is 0 Å². The second kappa shape index (κ2) is 4.82. The number of fused-ring (bicyclic) bond motifs is 1. The zero-order chi connectivity index (χ0) is 9.80. The molecule has 0 radical (unpaired) electrons. The number of hydrogen-bond donors (Lipinski definition) is 0. The first-order chi connectivity index (χ1) is 6.90. The summed E-state index contributed by atoms with van der Waals surface area (Å²) in [6.07, 6.45) is 17.1. The van der Waals surface area contributed by atoms with Crippen LogP contribution in [0.5, 0.6) is 0 Å². The van der Waals surface area contributed by atoms with Gasteiger partial charge in [-0.05, 0) is 49.5 Å². The van der Waals surface area contributed by atoms with Crippen molar-refractivity contribution in [1.29, 1.82) is 0 Å².